The predicted octanol–water partition coefficient (Wildman–Crippen LogP) is 3.36. The van der Waals surface area contributed by atoms with Gasteiger partial charge in [-0.25, -0.2) is 14.8 Å². The monoisotopic (exact) mass is 303 g/mol. The van der Waals surface area contributed by atoms with Crippen LogP contribution < -0.4 is 0 Å². The lowest BCUT2D eigenvalue weighted by Crippen LogP contribution is -2.04. The molecule has 0 unspecified atom stereocenters. The van der Waals surface area contributed by atoms with Gasteiger partial charge in [0.15, 0.2) is 0 Å². The van der Waals surface area contributed by atoms with Crippen molar-refractivity contribution in [2.75, 3.05) is 7.11 Å². The number of rotatable bonds is 2. The molecule has 2 heterocycles. The molecule has 0 saturated heterocycles. The van der Waals surface area contributed by atoms with Gasteiger partial charge >= 0.3 is 5.97 Å². The van der Waals surface area contributed by atoms with Crippen LogP contribution in [-0.2, 0) is 4.74 Å². The molecule has 2 aromatic heterocycles. The van der Waals surface area contributed by atoms with Crippen LogP contribution in [0.25, 0.3) is 27.8 Å². The Kier molecular flexibility index (Phi) is 3.05. The Bertz CT molecular complexity index is 1040. The Hall–Kier alpha value is -3.21. The third-order valence-corrected chi connectivity index (χ3v) is 3.81. The molecule has 0 bridgehead atoms. The van der Waals surface area contributed by atoms with Crippen LogP contribution in [-0.4, -0.2) is 27.6 Å². The second-order valence-corrected chi connectivity index (χ2v) is 5.14. The van der Waals surface area contributed by atoms with E-state index in [2.05, 4.69) is 9.97 Å². The number of benzene rings is 2. The Morgan fingerprint density at radius 1 is 1.04 bits per heavy atom. The Morgan fingerprint density at radius 3 is 2.78 bits per heavy atom. The number of fused-ring (bicyclic) bond motifs is 2. The van der Waals surface area contributed by atoms with Gasteiger partial charge in [-0.05, 0) is 30.3 Å². The van der Waals surface area contributed by atoms with E-state index < -0.39 is 5.97 Å². The maximum atomic E-state index is 12.0. The van der Waals surface area contributed by atoms with Gasteiger partial charge in [0.2, 0.25) is 0 Å². The second-order valence-electron chi connectivity index (χ2n) is 5.14. The third kappa shape index (κ3) is 2.14. The summed E-state index contributed by atoms with van der Waals surface area (Å²) in [6, 6.07) is 17.2. The van der Waals surface area contributed by atoms with Gasteiger partial charge in [-0.15, -0.1) is 0 Å². The lowest BCUT2D eigenvalue weighted by molar-refractivity contribution is 0.0603. The van der Waals surface area contributed by atoms with Gasteiger partial charge in [0.05, 0.1) is 29.2 Å². The minimum absolute atomic E-state index is 0.393. The minimum Gasteiger partial charge on any atom is -0.465 e. The number of aromatic nitrogens is 3. The van der Waals surface area contributed by atoms with Crippen LogP contribution in [0, 0.1) is 0 Å². The number of carbonyl (C=O) groups excluding carboxylic acids is 1. The van der Waals surface area contributed by atoms with Gasteiger partial charge in [0, 0.05) is 5.39 Å². The molecule has 0 atom stereocenters. The fourth-order valence-electron chi connectivity index (χ4n) is 2.69. The molecular formula is C18H13N3O2. The van der Waals surface area contributed by atoms with Crippen LogP contribution in [0.15, 0.2) is 60.9 Å². The van der Waals surface area contributed by atoms with E-state index in [1.165, 1.54) is 7.11 Å². The largest absolute Gasteiger partial charge is 0.465 e. The zero-order chi connectivity index (χ0) is 15.8. The van der Waals surface area contributed by atoms with E-state index in [4.69, 9.17) is 4.74 Å². The zero-order valence-electron chi connectivity index (χ0n) is 12.4. The average Bonchev–Trinajstić information content (AvgIpc) is 3.04. The van der Waals surface area contributed by atoms with E-state index in [-0.39, 0.29) is 0 Å². The second kappa shape index (κ2) is 5.21. The van der Waals surface area contributed by atoms with E-state index in [0.717, 1.165) is 16.4 Å². The highest BCUT2D eigenvalue weighted by atomic mass is 16.5. The summed E-state index contributed by atoms with van der Waals surface area (Å²) >= 11 is 0. The first-order chi connectivity index (χ1) is 11.3. The van der Waals surface area contributed by atoms with E-state index in [1.54, 1.807) is 12.4 Å². The van der Waals surface area contributed by atoms with Crippen LogP contribution >= 0.6 is 0 Å². The first kappa shape index (κ1) is 13.5. The summed E-state index contributed by atoms with van der Waals surface area (Å²) in [5.74, 6) is 0.318. The molecule has 0 amide bonds. The summed E-state index contributed by atoms with van der Waals surface area (Å²) in [6.07, 6.45) is 1.74. The Balaban J connectivity index is 1.96. The molecule has 0 spiro atoms. The van der Waals surface area contributed by atoms with Crippen LogP contribution in [0.1, 0.15) is 10.4 Å². The molecule has 4 aromatic rings. The summed E-state index contributed by atoms with van der Waals surface area (Å²) in [5.41, 5.74) is 2.94. The Morgan fingerprint density at radius 2 is 1.91 bits per heavy atom. The SMILES string of the molecule is COC(=O)c1cccc2ccc(-n3cnc4ccccc43)nc12. The van der Waals surface area contributed by atoms with E-state index in [0.29, 0.717) is 16.9 Å². The minimum atomic E-state index is -0.393. The van der Waals surface area contributed by atoms with Crippen molar-refractivity contribution in [3.05, 3.63) is 66.5 Å². The molecular weight excluding hydrogens is 290 g/mol. The van der Waals surface area contributed by atoms with E-state index in [1.807, 2.05) is 53.1 Å². The molecule has 0 saturated carbocycles. The third-order valence-electron chi connectivity index (χ3n) is 3.81. The lowest BCUT2D eigenvalue weighted by Gasteiger charge is -2.08. The van der Waals surface area contributed by atoms with Crippen LogP contribution in [0.5, 0.6) is 0 Å². The van der Waals surface area contributed by atoms with Crippen LogP contribution in [0.4, 0.5) is 0 Å². The van der Waals surface area contributed by atoms with Gasteiger partial charge in [-0.1, -0.05) is 24.3 Å². The number of hydrogen-bond acceptors (Lipinski definition) is 4. The fraction of sp³-hybridized carbons (Fsp3) is 0.0556. The molecule has 112 valence electrons. The standard InChI is InChI=1S/C18H13N3O2/c1-23-18(22)13-6-4-5-12-9-10-16(20-17(12)13)21-11-19-14-7-2-3-8-15(14)21/h2-11H,1H3. The quantitative estimate of drug-likeness (QED) is 0.533. The van der Waals surface area contributed by atoms with Crippen molar-refractivity contribution < 1.29 is 9.53 Å². The van der Waals surface area contributed by atoms with Crippen molar-refractivity contribution in [1.82, 2.24) is 14.5 Å². The van der Waals surface area contributed by atoms with Crippen molar-refractivity contribution in [2.24, 2.45) is 0 Å². The van der Waals surface area contributed by atoms with Gasteiger partial charge in [0.25, 0.3) is 0 Å². The predicted molar refractivity (Wildman–Crippen MR) is 87.7 cm³/mol. The van der Waals surface area contributed by atoms with Crippen molar-refractivity contribution in [1.29, 1.82) is 0 Å². The number of para-hydroxylation sites is 3. The molecule has 5 nitrogen and oxygen atoms in total. The number of methoxy groups -OCH3 is 1. The molecule has 2 aromatic carbocycles. The number of esters is 1. The summed E-state index contributed by atoms with van der Waals surface area (Å²) in [4.78, 5) is 21.0. The summed E-state index contributed by atoms with van der Waals surface area (Å²) in [5, 5.41) is 0.890. The summed E-state index contributed by atoms with van der Waals surface area (Å²) in [7, 11) is 1.37. The van der Waals surface area contributed by atoms with Crippen LogP contribution in [0.2, 0.25) is 0 Å². The van der Waals surface area contributed by atoms with Gasteiger partial charge in [-0.3, -0.25) is 4.57 Å². The molecule has 5 heteroatoms. The maximum absolute atomic E-state index is 12.0. The van der Waals surface area contributed by atoms with Crippen LogP contribution in [0.3, 0.4) is 0 Å². The molecule has 0 N–H and O–H groups in total. The molecule has 0 aliphatic rings. The van der Waals surface area contributed by atoms with E-state index in [9.17, 15) is 4.79 Å². The molecule has 0 aliphatic heterocycles. The first-order valence-electron chi connectivity index (χ1n) is 7.18. The molecule has 0 radical (unpaired) electrons. The molecule has 0 aliphatic carbocycles. The summed E-state index contributed by atoms with van der Waals surface area (Å²) in [6.45, 7) is 0. The van der Waals surface area contributed by atoms with Gasteiger partial charge < -0.3 is 4.74 Å². The van der Waals surface area contributed by atoms with Crippen molar-refractivity contribution in [2.45, 2.75) is 0 Å². The number of imidazole rings is 1. The van der Waals surface area contributed by atoms with E-state index >= 15 is 0 Å². The van der Waals surface area contributed by atoms with Gasteiger partial charge in [0.1, 0.15) is 12.1 Å². The first-order valence-corrected chi connectivity index (χ1v) is 7.18. The maximum Gasteiger partial charge on any atom is 0.340 e. The smallest absolute Gasteiger partial charge is 0.340 e. The topological polar surface area (TPSA) is 57.0 Å². The molecule has 0 fully saturated rings. The number of nitrogens with zero attached hydrogens (tertiary/aromatic N) is 3. The van der Waals surface area contributed by atoms with Crippen molar-refractivity contribution in [3.63, 3.8) is 0 Å². The van der Waals surface area contributed by atoms with Gasteiger partial charge in [-0.2, -0.15) is 0 Å². The number of carbonyl (C=O) groups is 1. The molecule has 4 rings (SSSR count). The van der Waals surface area contributed by atoms with Crippen molar-refractivity contribution >= 4 is 27.9 Å². The average molecular weight is 303 g/mol. The molecule has 23 heavy (non-hydrogen) atoms. The Labute approximate surface area is 132 Å². The normalized spacial score (nSPS) is 11.0. The lowest BCUT2D eigenvalue weighted by atomic mass is 10.1. The highest BCUT2D eigenvalue weighted by Gasteiger charge is 2.13. The van der Waals surface area contributed by atoms with Crippen molar-refractivity contribution in [3.8, 4) is 5.82 Å². The number of hydrogen-bond donors (Lipinski definition) is 0. The number of ether oxygens (including phenoxy) is 1. The highest BCUT2D eigenvalue weighted by Crippen LogP contribution is 2.22. The zero-order valence-corrected chi connectivity index (χ0v) is 12.4. The summed E-state index contributed by atoms with van der Waals surface area (Å²) < 4.78 is 6.75. The highest BCUT2D eigenvalue weighted by molar-refractivity contribution is 6.02. The number of pyridine rings is 1. The fourth-order valence-corrected chi connectivity index (χ4v) is 2.69.